The SMILES string of the molecule is Nc1nc2c(ncn2[C@@H]2C[C@@H]3COP(O)(=S)OC4[C@@H](COP(=O)(S)O[C@@H]3C2)O[C@@H](n2cnc3c(N)ncnc32)[C@H]4F)c(=O)[nH]1. The molecular formula is C21H25FN10O8P2S2. The number of halogens is 1. The van der Waals surface area contributed by atoms with Gasteiger partial charge in [0.25, 0.3) is 5.56 Å². The molecule has 3 aliphatic rings. The van der Waals surface area contributed by atoms with Crippen LogP contribution in [0.4, 0.5) is 16.2 Å². The monoisotopic (exact) mass is 690 g/mol. The first-order chi connectivity index (χ1) is 20.9. The van der Waals surface area contributed by atoms with Crippen molar-refractivity contribution in [1.82, 2.24) is 39.0 Å². The molecule has 6 N–H and O–H groups in total. The van der Waals surface area contributed by atoms with Gasteiger partial charge in [-0.3, -0.25) is 27.9 Å². The first kappa shape index (κ1) is 30.1. The predicted octanol–water partition coefficient (Wildman–Crippen LogP) is 1.38. The average Bonchev–Trinajstić information content (AvgIpc) is 3.72. The van der Waals surface area contributed by atoms with Crippen molar-refractivity contribution in [2.75, 3.05) is 24.7 Å². The summed E-state index contributed by atoms with van der Waals surface area (Å²) in [6, 6.07) is -0.357. The smallest absolute Gasteiger partial charge is 0.382 e. The molecule has 1 saturated carbocycles. The van der Waals surface area contributed by atoms with E-state index in [0.29, 0.717) is 6.42 Å². The number of ether oxygens (including phenoxy) is 1. The summed E-state index contributed by atoms with van der Waals surface area (Å²) in [5, 5.41) is 0. The fourth-order valence-electron chi connectivity index (χ4n) is 5.78. The summed E-state index contributed by atoms with van der Waals surface area (Å²) in [5.41, 5.74) is 11.9. The number of nitrogen functional groups attached to an aromatic ring is 2. The molecule has 3 fully saturated rings. The van der Waals surface area contributed by atoms with Crippen LogP contribution in [0.3, 0.4) is 0 Å². The van der Waals surface area contributed by atoms with Crippen LogP contribution in [0.1, 0.15) is 25.1 Å². The highest BCUT2D eigenvalue weighted by atomic mass is 32.7. The number of hydrogen-bond acceptors (Lipinski definition) is 15. The lowest BCUT2D eigenvalue weighted by Crippen LogP contribution is -2.34. The van der Waals surface area contributed by atoms with Crippen molar-refractivity contribution < 1.29 is 36.7 Å². The van der Waals surface area contributed by atoms with Crippen molar-refractivity contribution >= 4 is 71.7 Å². The van der Waals surface area contributed by atoms with E-state index >= 15 is 4.39 Å². The third kappa shape index (κ3) is 5.44. The number of imidazole rings is 2. The van der Waals surface area contributed by atoms with E-state index in [2.05, 4.69) is 42.2 Å². The molecule has 2 saturated heterocycles. The molecule has 0 amide bonds. The fourth-order valence-corrected chi connectivity index (χ4v) is 8.82. The maximum Gasteiger partial charge on any atom is 0.386 e. The number of hydrogen-bond donors (Lipinski definition) is 5. The highest BCUT2D eigenvalue weighted by Gasteiger charge is 2.51. The second-order valence-electron chi connectivity index (χ2n) is 10.5. The number of nitrogens with one attached hydrogen (secondary N) is 1. The van der Waals surface area contributed by atoms with E-state index in [9.17, 15) is 14.3 Å². The lowest BCUT2D eigenvalue weighted by Gasteiger charge is -2.29. The summed E-state index contributed by atoms with van der Waals surface area (Å²) in [6.45, 7) is -8.84. The Morgan fingerprint density at radius 3 is 2.64 bits per heavy atom. The zero-order chi connectivity index (χ0) is 31.0. The van der Waals surface area contributed by atoms with E-state index in [-0.39, 0.29) is 53.2 Å². The second-order valence-corrected chi connectivity index (χ2v) is 16.2. The van der Waals surface area contributed by atoms with E-state index in [4.69, 9.17) is 46.1 Å². The van der Waals surface area contributed by atoms with E-state index in [1.807, 2.05) is 0 Å². The lowest BCUT2D eigenvalue weighted by molar-refractivity contribution is -0.0445. The van der Waals surface area contributed by atoms with Gasteiger partial charge in [-0.1, -0.05) is 12.2 Å². The summed E-state index contributed by atoms with van der Waals surface area (Å²) in [4.78, 5) is 46.1. The zero-order valence-corrected chi connectivity index (χ0v) is 25.8. The minimum atomic E-state index is -4.07. The Hall–Kier alpha value is -2.58. The number of alkyl halides is 1. The van der Waals surface area contributed by atoms with Gasteiger partial charge in [-0.05, 0) is 24.6 Å². The van der Waals surface area contributed by atoms with E-state index in [1.165, 1.54) is 23.5 Å². The number of nitrogens with zero attached hydrogens (tertiary/aromatic N) is 7. The largest absolute Gasteiger partial charge is 0.386 e. The molecule has 23 heteroatoms. The molecule has 4 aromatic heterocycles. The van der Waals surface area contributed by atoms with Gasteiger partial charge < -0.3 is 30.2 Å². The lowest BCUT2D eigenvalue weighted by atomic mass is 10.1. The molecule has 4 aromatic rings. The fraction of sp³-hybridized carbons (Fsp3) is 0.524. The highest BCUT2D eigenvalue weighted by molar-refractivity contribution is 8.44. The van der Waals surface area contributed by atoms with E-state index in [1.54, 1.807) is 4.57 Å². The molecule has 3 unspecified atom stereocenters. The summed E-state index contributed by atoms with van der Waals surface area (Å²) >= 11 is 9.41. The Bertz CT molecular complexity index is 1910. The molecule has 0 bridgehead atoms. The van der Waals surface area contributed by atoms with Crippen LogP contribution >= 0.6 is 25.8 Å². The van der Waals surface area contributed by atoms with Gasteiger partial charge >= 0.3 is 13.5 Å². The third-order valence-electron chi connectivity index (χ3n) is 7.75. The predicted molar refractivity (Wildman–Crippen MR) is 158 cm³/mol. The number of fused-ring (bicyclic) bond motifs is 4. The number of H-pyrrole nitrogens is 1. The maximum absolute atomic E-state index is 16.0. The molecule has 44 heavy (non-hydrogen) atoms. The second kappa shape index (κ2) is 11.0. The molecule has 6 heterocycles. The van der Waals surface area contributed by atoms with Crippen LogP contribution in [-0.2, 0) is 39.2 Å². The van der Waals surface area contributed by atoms with Gasteiger partial charge in [0.2, 0.25) is 5.95 Å². The molecule has 0 aromatic carbocycles. The number of thiol groups is 1. The van der Waals surface area contributed by atoms with Crippen molar-refractivity contribution in [1.29, 1.82) is 0 Å². The molecule has 7 rings (SSSR count). The molecule has 0 radical (unpaired) electrons. The standard InChI is InChI=1S/C21H25FN10O8P2S2/c22-12-15-11(38-20(12)32-7-27-13-16(23)25-5-26-17(13)32)4-37-41(34,43)39-10-2-9(1-8(10)3-36-42(35,44)40-15)31-6-28-14-18(31)29-21(24)30-19(14)33/h5-12,15,20H,1-4H2,(H,34,43)(H,35,44)(H2,23,25,26)(H3,24,29,30,33)/t8-,9-,10-,11-,12+,15?,20-,41?,42?/m1/s1. The summed E-state index contributed by atoms with van der Waals surface area (Å²) in [6.07, 6.45) is -2.26. The van der Waals surface area contributed by atoms with Gasteiger partial charge in [0, 0.05) is 12.0 Å². The summed E-state index contributed by atoms with van der Waals surface area (Å²) < 4.78 is 61.0. The van der Waals surface area contributed by atoms with Crippen LogP contribution in [0.2, 0.25) is 0 Å². The van der Waals surface area contributed by atoms with Crippen molar-refractivity contribution in [3.63, 3.8) is 0 Å². The van der Waals surface area contributed by atoms with Gasteiger partial charge in [-0.2, -0.15) is 4.98 Å². The van der Waals surface area contributed by atoms with Crippen LogP contribution in [0.25, 0.3) is 22.3 Å². The molecule has 236 valence electrons. The first-order valence-electron chi connectivity index (χ1n) is 13.2. The van der Waals surface area contributed by atoms with Gasteiger partial charge in [-0.15, -0.1) is 0 Å². The average molecular weight is 691 g/mol. The number of anilines is 2. The molecule has 1 aliphatic carbocycles. The Morgan fingerprint density at radius 1 is 1.05 bits per heavy atom. The quantitative estimate of drug-likeness (QED) is 0.147. The first-order valence-corrected chi connectivity index (χ1v) is 18.4. The summed E-state index contributed by atoms with van der Waals surface area (Å²) in [7, 11) is 0. The minimum Gasteiger partial charge on any atom is -0.382 e. The third-order valence-corrected chi connectivity index (χ3v) is 11.0. The van der Waals surface area contributed by atoms with E-state index in [0.717, 1.165) is 0 Å². The number of aromatic nitrogens is 8. The topological polar surface area (TPSA) is 243 Å². The van der Waals surface area contributed by atoms with Crippen molar-refractivity contribution in [3.05, 3.63) is 29.3 Å². The van der Waals surface area contributed by atoms with Crippen LogP contribution < -0.4 is 17.0 Å². The van der Waals surface area contributed by atoms with Gasteiger partial charge in [0.05, 0.1) is 32.0 Å². The van der Waals surface area contributed by atoms with Crippen molar-refractivity contribution in [2.24, 2.45) is 5.92 Å². The maximum atomic E-state index is 16.0. The zero-order valence-electron chi connectivity index (χ0n) is 22.3. The molecular weight excluding hydrogens is 665 g/mol. The van der Waals surface area contributed by atoms with Crippen molar-refractivity contribution in [3.8, 4) is 0 Å². The Kier molecular flexibility index (Phi) is 7.55. The Morgan fingerprint density at radius 2 is 1.82 bits per heavy atom. The van der Waals surface area contributed by atoms with E-state index < -0.39 is 62.3 Å². The van der Waals surface area contributed by atoms with Crippen LogP contribution in [-0.4, -0.2) is 81.6 Å². The Labute approximate surface area is 256 Å². The molecule has 2 aliphatic heterocycles. The highest BCUT2D eigenvalue weighted by Crippen LogP contribution is 2.59. The normalized spacial score (nSPS) is 36.6. The molecule has 9 atom stereocenters. The number of aromatic amines is 1. The number of nitrogens with two attached hydrogens (primary N) is 2. The Balaban J connectivity index is 1.15. The molecule has 18 nitrogen and oxygen atoms in total. The molecule has 0 spiro atoms. The number of rotatable bonds is 2. The van der Waals surface area contributed by atoms with Crippen LogP contribution in [0.15, 0.2) is 23.8 Å². The van der Waals surface area contributed by atoms with Gasteiger partial charge in [0.1, 0.15) is 24.1 Å². The van der Waals surface area contributed by atoms with Crippen molar-refractivity contribution in [2.45, 2.75) is 49.6 Å². The van der Waals surface area contributed by atoms with Crippen LogP contribution in [0, 0.1) is 5.92 Å². The minimum absolute atomic E-state index is 0.0838. The van der Waals surface area contributed by atoms with Crippen LogP contribution in [0.5, 0.6) is 0 Å². The summed E-state index contributed by atoms with van der Waals surface area (Å²) in [5.74, 6) is -0.506. The van der Waals surface area contributed by atoms with Gasteiger partial charge in [-0.25, -0.2) is 28.9 Å². The van der Waals surface area contributed by atoms with Gasteiger partial charge in [0.15, 0.2) is 35.0 Å².